The molecule has 1 unspecified atom stereocenters. The van der Waals surface area contributed by atoms with Gasteiger partial charge in [0.1, 0.15) is 5.82 Å². The molecule has 8 heteroatoms. The topological polar surface area (TPSA) is 84.2 Å². The summed E-state index contributed by atoms with van der Waals surface area (Å²) in [6, 6.07) is 8.90. The van der Waals surface area contributed by atoms with Crippen molar-refractivity contribution in [3.63, 3.8) is 0 Å². The number of aliphatic carboxylic acids is 1. The fraction of sp³-hybridized carbons (Fsp3) is 0.118. The Labute approximate surface area is 146 Å². The average molecular weight is 362 g/mol. The Bertz CT molecular complexity index is 986. The molecule has 3 rings (SSSR count). The number of rotatable bonds is 4. The van der Waals surface area contributed by atoms with Crippen molar-refractivity contribution in [1.82, 2.24) is 15.1 Å². The number of amides is 1. The molecular formula is C17H13ClFN3O3. The Morgan fingerprint density at radius 3 is 2.68 bits per heavy atom. The van der Waals surface area contributed by atoms with E-state index < -0.39 is 23.7 Å². The first-order valence-electron chi connectivity index (χ1n) is 7.29. The number of carboxylic acid groups (broad SMARTS) is 1. The van der Waals surface area contributed by atoms with Gasteiger partial charge in [0.15, 0.2) is 11.7 Å². The number of aryl methyl sites for hydroxylation is 1. The van der Waals surface area contributed by atoms with E-state index in [0.29, 0.717) is 10.9 Å². The molecular weight excluding hydrogens is 349 g/mol. The lowest BCUT2D eigenvalue weighted by molar-refractivity contribution is -0.139. The molecule has 0 aliphatic rings. The van der Waals surface area contributed by atoms with E-state index in [4.69, 9.17) is 11.6 Å². The number of nitrogens with one attached hydrogen (secondary N) is 1. The molecule has 0 radical (unpaired) electrons. The molecule has 2 N–H and O–H groups in total. The molecule has 1 atom stereocenters. The van der Waals surface area contributed by atoms with Gasteiger partial charge in [-0.3, -0.25) is 9.48 Å². The Morgan fingerprint density at radius 1 is 1.28 bits per heavy atom. The highest BCUT2D eigenvalue weighted by Gasteiger charge is 2.27. The third-order valence-corrected chi connectivity index (χ3v) is 4.11. The van der Waals surface area contributed by atoms with E-state index in [1.165, 1.54) is 35.0 Å². The average Bonchev–Trinajstić information content (AvgIpc) is 2.89. The molecule has 25 heavy (non-hydrogen) atoms. The van der Waals surface area contributed by atoms with Crippen molar-refractivity contribution in [3.8, 4) is 0 Å². The molecule has 3 aromatic rings. The van der Waals surface area contributed by atoms with Crippen LogP contribution in [0.25, 0.3) is 10.9 Å². The predicted octanol–water partition coefficient (Wildman–Crippen LogP) is 2.92. The van der Waals surface area contributed by atoms with Crippen LogP contribution in [0.4, 0.5) is 4.39 Å². The van der Waals surface area contributed by atoms with E-state index in [-0.39, 0.29) is 16.3 Å². The lowest BCUT2D eigenvalue weighted by Gasteiger charge is -2.15. The summed E-state index contributed by atoms with van der Waals surface area (Å²) in [4.78, 5) is 24.1. The summed E-state index contributed by atoms with van der Waals surface area (Å²) < 4.78 is 14.9. The first-order chi connectivity index (χ1) is 11.9. The van der Waals surface area contributed by atoms with Crippen molar-refractivity contribution in [2.75, 3.05) is 0 Å². The van der Waals surface area contributed by atoms with Crippen LogP contribution in [0.2, 0.25) is 5.02 Å². The molecule has 6 nitrogen and oxygen atoms in total. The molecule has 2 aromatic carbocycles. The molecule has 128 valence electrons. The van der Waals surface area contributed by atoms with E-state index in [2.05, 4.69) is 10.4 Å². The number of carbonyl (C=O) groups excluding carboxylic acids is 1. The van der Waals surface area contributed by atoms with Crippen LogP contribution < -0.4 is 5.32 Å². The maximum Gasteiger partial charge on any atom is 0.330 e. The van der Waals surface area contributed by atoms with Gasteiger partial charge >= 0.3 is 5.97 Å². The first-order valence-corrected chi connectivity index (χ1v) is 7.66. The number of carbonyl (C=O) groups is 2. The van der Waals surface area contributed by atoms with Crippen molar-refractivity contribution in [1.29, 1.82) is 0 Å². The number of aromatic nitrogens is 2. The van der Waals surface area contributed by atoms with Crippen LogP contribution in [0.3, 0.4) is 0 Å². The Morgan fingerprint density at radius 2 is 2.00 bits per heavy atom. The maximum atomic E-state index is 13.5. The van der Waals surface area contributed by atoms with Crippen LogP contribution in [-0.4, -0.2) is 26.8 Å². The third-order valence-electron chi connectivity index (χ3n) is 3.77. The van der Waals surface area contributed by atoms with Crippen molar-refractivity contribution in [2.45, 2.75) is 6.04 Å². The Balaban J connectivity index is 1.99. The molecule has 0 fully saturated rings. The zero-order chi connectivity index (χ0) is 18.1. The molecule has 0 saturated heterocycles. The molecule has 1 amide bonds. The van der Waals surface area contributed by atoms with Gasteiger partial charge in [0.05, 0.1) is 5.52 Å². The van der Waals surface area contributed by atoms with Gasteiger partial charge in [-0.05, 0) is 24.3 Å². The third kappa shape index (κ3) is 3.18. The van der Waals surface area contributed by atoms with Crippen molar-refractivity contribution in [2.24, 2.45) is 7.05 Å². The van der Waals surface area contributed by atoms with Crippen molar-refractivity contribution < 1.29 is 19.1 Å². The van der Waals surface area contributed by atoms with Gasteiger partial charge in [-0.25, -0.2) is 9.18 Å². The van der Waals surface area contributed by atoms with E-state index in [1.54, 1.807) is 19.2 Å². The zero-order valence-corrected chi connectivity index (χ0v) is 13.8. The molecule has 1 aromatic heterocycles. The molecule has 0 spiro atoms. The van der Waals surface area contributed by atoms with Gasteiger partial charge in [-0.2, -0.15) is 5.10 Å². The summed E-state index contributed by atoms with van der Waals surface area (Å²) >= 11 is 6.03. The van der Waals surface area contributed by atoms with Gasteiger partial charge in [-0.15, -0.1) is 0 Å². The standard InChI is InChI=1S/C17H13ClFN3O3/c1-22-13-7-6-9(19)8-11(13)14(21-22)16(23)20-15(17(24)25)10-4-2-3-5-12(10)18/h2-8,15H,1H3,(H,20,23)(H,24,25). The second-order valence-electron chi connectivity index (χ2n) is 5.40. The fourth-order valence-corrected chi connectivity index (χ4v) is 2.83. The highest BCUT2D eigenvalue weighted by molar-refractivity contribution is 6.31. The van der Waals surface area contributed by atoms with Gasteiger partial charge in [0, 0.05) is 23.0 Å². The molecule has 0 saturated carbocycles. The summed E-state index contributed by atoms with van der Waals surface area (Å²) in [6.45, 7) is 0. The van der Waals surface area contributed by atoms with E-state index >= 15 is 0 Å². The zero-order valence-electron chi connectivity index (χ0n) is 13.0. The van der Waals surface area contributed by atoms with Gasteiger partial charge in [-0.1, -0.05) is 29.8 Å². The number of hydrogen-bond acceptors (Lipinski definition) is 3. The van der Waals surface area contributed by atoms with Crippen LogP contribution in [0.1, 0.15) is 22.1 Å². The van der Waals surface area contributed by atoms with E-state index in [9.17, 15) is 19.1 Å². The monoisotopic (exact) mass is 361 g/mol. The quantitative estimate of drug-likeness (QED) is 0.748. The largest absolute Gasteiger partial charge is 0.479 e. The second-order valence-corrected chi connectivity index (χ2v) is 5.81. The van der Waals surface area contributed by atoms with Crippen molar-refractivity contribution in [3.05, 3.63) is 64.6 Å². The van der Waals surface area contributed by atoms with Gasteiger partial charge < -0.3 is 10.4 Å². The van der Waals surface area contributed by atoms with E-state index in [0.717, 1.165) is 0 Å². The lowest BCUT2D eigenvalue weighted by Crippen LogP contribution is -2.34. The second kappa shape index (κ2) is 6.52. The highest BCUT2D eigenvalue weighted by atomic mass is 35.5. The minimum Gasteiger partial charge on any atom is -0.479 e. The van der Waals surface area contributed by atoms with Crippen LogP contribution in [0.5, 0.6) is 0 Å². The summed E-state index contributed by atoms with van der Waals surface area (Å²) in [5.41, 5.74) is 0.739. The molecule has 0 bridgehead atoms. The minimum absolute atomic E-state index is 0.0599. The first kappa shape index (κ1) is 16.9. The van der Waals surface area contributed by atoms with Crippen LogP contribution in [0.15, 0.2) is 42.5 Å². The summed E-state index contributed by atoms with van der Waals surface area (Å²) in [7, 11) is 1.61. The Hall–Kier alpha value is -2.93. The molecule has 1 heterocycles. The highest BCUT2D eigenvalue weighted by Crippen LogP contribution is 2.24. The summed E-state index contributed by atoms with van der Waals surface area (Å²) in [5.74, 6) is -2.52. The predicted molar refractivity (Wildman–Crippen MR) is 90.0 cm³/mol. The molecule has 0 aliphatic carbocycles. The number of hydrogen-bond donors (Lipinski definition) is 2. The minimum atomic E-state index is -1.35. The number of carboxylic acids is 1. The SMILES string of the molecule is Cn1nc(C(=O)NC(C(=O)O)c2ccccc2Cl)c2cc(F)ccc21. The van der Waals surface area contributed by atoms with Crippen LogP contribution in [-0.2, 0) is 11.8 Å². The van der Waals surface area contributed by atoms with Gasteiger partial charge in [0.25, 0.3) is 5.91 Å². The number of nitrogens with zero attached hydrogens (tertiary/aromatic N) is 2. The number of benzene rings is 2. The number of fused-ring (bicyclic) bond motifs is 1. The summed E-state index contributed by atoms with van der Waals surface area (Å²) in [5, 5.41) is 16.4. The van der Waals surface area contributed by atoms with E-state index in [1.807, 2.05) is 0 Å². The van der Waals surface area contributed by atoms with Gasteiger partial charge in [0.2, 0.25) is 0 Å². The normalized spacial score (nSPS) is 12.1. The fourth-order valence-electron chi connectivity index (χ4n) is 2.59. The maximum absolute atomic E-state index is 13.5. The van der Waals surface area contributed by atoms with Crippen molar-refractivity contribution >= 4 is 34.4 Å². The van der Waals surface area contributed by atoms with Crippen LogP contribution in [0, 0.1) is 5.82 Å². The number of halogens is 2. The summed E-state index contributed by atoms with van der Waals surface area (Å²) in [6.07, 6.45) is 0. The Kier molecular flexibility index (Phi) is 4.41. The lowest BCUT2D eigenvalue weighted by atomic mass is 10.1. The molecule has 0 aliphatic heterocycles. The smallest absolute Gasteiger partial charge is 0.330 e. The van der Waals surface area contributed by atoms with Crippen LogP contribution >= 0.6 is 11.6 Å².